The van der Waals surface area contributed by atoms with Crippen LogP contribution < -0.4 is 15.4 Å². The van der Waals surface area contributed by atoms with Gasteiger partial charge >= 0.3 is 0 Å². The first-order chi connectivity index (χ1) is 16.7. The van der Waals surface area contributed by atoms with Crippen molar-refractivity contribution < 1.29 is 8.42 Å². The highest BCUT2D eigenvalue weighted by Gasteiger charge is 2.16. The van der Waals surface area contributed by atoms with Crippen LogP contribution in [0.25, 0.3) is 22.4 Å². The van der Waals surface area contributed by atoms with E-state index < -0.39 is 10.0 Å². The fraction of sp³-hybridized carbons (Fsp3) is 0.0769. The molecule has 3 N–H and O–H groups in total. The monoisotopic (exact) mass is 503 g/mol. The van der Waals surface area contributed by atoms with Crippen LogP contribution >= 0.6 is 11.6 Å². The van der Waals surface area contributed by atoms with E-state index in [4.69, 9.17) is 17.3 Å². The SMILES string of the molecule is CN(C)c1ccc(-c2cc(-c3ccc(NS(=O)(=O)c4ccc(Cl)cc4)cc3)nc(N)c2C#N)cc1. The molecule has 0 radical (unpaired) electrons. The molecule has 7 nitrogen and oxygen atoms in total. The van der Waals surface area contributed by atoms with Gasteiger partial charge in [0.25, 0.3) is 10.0 Å². The molecule has 4 rings (SSSR count). The molecule has 0 aliphatic heterocycles. The van der Waals surface area contributed by atoms with Crippen molar-refractivity contribution in [3.05, 3.63) is 89.4 Å². The maximum absolute atomic E-state index is 12.6. The molecule has 0 saturated heterocycles. The molecule has 0 aliphatic carbocycles. The molecule has 4 aromatic rings. The molecule has 9 heteroatoms. The number of benzene rings is 3. The van der Waals surface area contributed by atoms with Gasteiger partial charge in [0.15, 0.2) is 0 Å². The Kier molecular flexibility index (Phi) is 6.65. The zero-order valence-electron chi connectivity index (χ0n) is 19.0. The Bertz CT molecular complexity index is 1510. The van der Waals surface area contributed by atoms with Crippen molar-refractivity contribution in [1.29, 1.82) is 5.26 Å². The van der Waals surface area contributed by atoms with Gasteiger partial charge in [0.1, 0.15) is 17.5 Å². The van der Waals surface area contributed by atoms with Crippen molar-refractivity contribution in [1.82, 2.24) is 4.98 Å². The molecule has 1 aromatic heterocycles. The van der Waals surface area contributed by atoms with Crippen LogP contribution in [0.1, 0.15) is 5.56 Å². The molecule has 176 valence electrons. The Morgan fingerprint density at radius 3 is 2.11 bits per heavy atom. The highest BCUT2D eigenvalue weighted by molar-refractivity contribution is 7.92. The third kappa shape index (κ3) is 5.22. The molecule has 0 atom stereocenters. The quantitative estimate of drug-likeness (QED) is 0.365. The number of nitrogen functional groups attached to an aromatic ring is 1. The van der Waals surface area contributed by atoms with E-state index in [1.165, 1.54) is 24.3 Å². The van der Waals surface area contributed by atoms with Crippen molar-refractivity contribution >= 4 is 38.8 Å². The minimum absolute atomic E-state index is 0.109. The number of anilines is 3. The summed E-state index contributed by atoms with van der Waals surface area (Å²) in [4.78, 5) is 6.50. The highest BCUT2D eigenvalue weighted by Crippen LogP contribution is 2.32. The first kappa shape index (κ1) is 24.1. The Morgan fingerprint density at radius 1 is 0.943 bits per heavy atom. The Balaban J connectivity index is 1.65. The number of sulfonamides is 1. The van der Waals surface area contributed by atoms with Crippen LogP contribution in [0.3, 0.4) is 0 Å². The van der Waals surface area contributed by atoms with Gasteiger partial charge in [-0.25, -0.2) is 13.4 Å². The molecule has 0 saturated carbocycles. The first-order valence-electron chi connectivity index (χ1n) is 10.5. The third-order valence-electron chi connectivity index (χ3n) is 5.41. The van der Waals surface area contributed by atoms with Gasteiger partial charge in [-0.3, -0.25) is 4.72 Å². The fourth-order valence-electron chi connectivity index (χ4n) is 3.53. The first-order valence-corrected chi connectivity index (χ1v) is 12.4. The Hall–Kier alpha value is -4.06. The van der Waals surface area contributed by atoms with Gasteiger partial charge in [-0.2, -0.15) is 5.26 Å². The van der Waals surface area contributed by atoms with Crippen LogP contribution in [0, 0.1) is 11.3 Å². The normalized spacial score (nSPS) is 11.0. The van der Waals surface area contributed by atoms with Gasteiger partial charge in [-0.05, 0) is 60.2 Å². The Labute approximate surface area is 209 Å². The average Bonchev–Trinajstić information content (AvgIpc) is 2.84. The van der Waals surface area contributed by atoms with E-state index in [1.807, 2.05) is 49.3 Å². The van der Waals surface area contributed by atoms with E-state index in [0.29, 0.717) is 27.5 Å². The molecule has 3 aromatic carbocycles. The summed E-state index contributed by atoms with van der Waals surface area (Å²) in [6.45, 7) is 0. The van der Waals surface area contributed by atoms with E-state index in [9.17, 15) is 13.7 Å². The lowest BCUT2D eigenvalue weighted by atomic mass is 9.98. The standard InChI is InChI=1S/C26H22ClN5O2S/c1-32(2)21-11-5-17(6-12-21)23-15-25(30-26(29)24(23)16-28)18-3-9-20(10-4-18)31-35(33,34)22-13-7-19(27)8-14-22/h3-15,31H,1-2H3,(H2,29,30). The van der Waals surface area contributed by atoms with Crippen LogP contribution in [-0.2, 0) is 10.0 Å². The van der Waals surface area contributed by atoms with E-state index in [2.05, 4.69) is 15.8 Å². The van der Waals surface area contributed by atoms with Crippen LogP contribution in [0.2, 0.25) is 5.02 Å². The lowest BCUT2D eigenvalue weighted by molar-refractivity contribution is 0.601. The van der Waals surface area contributed by atoms with Crippen LogP contribution in [0.4, 0.5) is 17.2 Å². The van der Waals surface area contributed by atoms with Crippen molar-refractivity contribution in [2.75, 3.05) is 29.5 Å². The molecule has 0 aliphatic rings. The molecule has 1 heterocycles. The van der Waals surface area contributed by atoms with Gasteiger partial charge in [0.2, 0.25) is 0 Å². The number of aromatic nitrogens is 1. The maximum Gasteiger partial charge on any atom is 0.261 e. The van der Waals surface area contributed by atoms with E-state index in [1.54, 1.807) is 24.3 Å². The van der Waals surface area contributed by atoms with Gasteiger partial charge < -0.3 is 10.6 Å². The summed E-state index contributed by atoms with van der Waals surface area (Å²) in [7, 11) is 0.152. The van der Waals surface area contributed by atoms with Gasteiger partial charge in [-0.1, -0.05) is 35.9 Å². The van der Waals surface area contributed by atoms with Gasteiger partial charge in [0, 0.05) is 41.6 Å². The van der Waals surface area contributed by atoms with E-state index >= 15 is 0 Å². The number of halogens is 1. The van der Waals surface area contributed by atoms with Crippen molar-refractivity contribution in [2.45, 2.75) is 4.90 Å². The summed E-state index contributed by atoms with van der Waals surface area (Å²) in [5.74, 6) is 0.129. The number of hydrogen-bond acceptors (Lipinski definition) is 6. The third-order valence-corrected chi connectivity index (χ3v) is 7.06. The number of nitrogens with two attached hydrogens (primary N) is 1. The molecule has 35 heavy (non-hydrogen) atoms. The predicted octanol–water partition coefficient (Wildman–Crippen LogP) is 5.39. The lowest BCUT2D eigenvalue weighted by Gasteiger charge is -2.14. The van der Waals surface area contributed by atoms with Gasteiger partial charge in [0.05, 0.1) is 10.6 Å². The number of nitrogens with one attached hydrogen (secondary N) is 1. The summed E-state index contributed by atoms with van der Waals surface area (Å²) in [6.07, 6.45) is 0. The molecule has 0 spiro atoms. The summed E-state index contributed by atoms with van der Waals surface area (Å²) in [5.41, 5.74) is 10.7. The topological polar surface area (TPSA) is 112 Å². The van der Waals surface area contributed by atoms with Gasteiger partial charge in [-0.15, -0.1) is 0 Å². The molecular formula is C26H22ClN5O2S. The molecule has 0 unspecified atom stereocenters. The van der Waals surface area contributed by atoms with Crippen molar-refractivity contribution in [3.63, 3.8) is 0 Å². The second-order valence-electron chi connectivity index (χ2n) is 8.01. The number of pyridine rings is 1. The second kappa shape index (κ2) is 9.66. The molecule has 0 fully saturated rings. The number of hydrogen-bond donors (Lipinski definition) is 2. The van der Waals surface area contributed by atoms with Crippen LogP contribution in [0.15, 0.2) is 83.8 Å². The van der Waals surface area contributed by atoms with Crippen LogP contribution in [0.5, 0.6) is 0 Å². The van der Waals surface area contributed by atoms with Crippen molar-refractivity contribution in [3.8, 4) is 28.5 Å². The number of nitriles is 1. The molecular weight excluding hydrogens is 482 g/mol. The smallest absolute Gasteiger partial charge is 0.261 e. The summed E-state index contributed by atoms with van der Waals surface area (Å²) < 4.78 is 27.8. The highest BCUT2D eigenvalue weighted by atomic mass is 35.5. The molecule has 0 bridgehead atoms. The van der Waals surface area contributed by atoms with Crippen LogP contribution in [-0.4, -0.2) is 27.5 Å². The number of nitrogens with zero attached hydrogens (tertiary/aromatic N) is 3. The fourth-order valence-corrected chi connectivity index (χ4v) is 4.72. The average molecular weight is 504 g/mol. The lowest BCUT2D eigenvalue weighted by Crippen LogP contribution is -2.12. The zero-order valence-corrected chi connectivity index (χ0v) is 20.6. The maximum atomic E-state index is 12.6. The summed E-state index contributed by atoms with van der Waals surface area (Å²) in [5, 5.41) is 10.1. The van der Waals surface area contributed by atoms with E-state index in [0.717, 1.165) is 16.8 Å². The zero-order chi connectivity index (χ0) is 25.2. The number of rotatable bonds is 6. The second-order valence-corrected chi connectivity index (χ2v) is 10.1. The predicted molar refractivity (Wildman–Crippen MR) is 141 cm³/mol. The minimum Gasteiger partial charge on any atom is -0.383 e. The summed E-state index contributed by atoms with van der Waals surface area (Å²) >= 11 is 5.85. The summed E-state index contributed by atoms with van der Waals surface area (Å²) in [6, 6.07) is 24.5. The molecule has 0 amide bonds. The van der Waals surface area contributed by atoms with E-state index in [-0.39, 0.29) is 10.7 Å². The minimum atomic E-state index is -3.76. The van der Waals surface area contributed by atoms with Crippen molar-refractivity contribution in [2.24, 2.45) is 0 Å². The Morgan fingerprint density at radius 2 is 1.54 bits per heavy atom. The largest absolute Gasteiger partial charge is 0.383 e.